The Morgan fingerprint density at radius 3 is 2.30 bits per heavy atom. The second-order valence-electron chi connectivity index (χ2n) is 5.95. The van der Waals surface area contributed by atoms with Gasteiger partial charge in [-0.3, -0.25) is 4.79 Å². The molecular formula is C16H32N2O2. The van der Waals surface area contributed by atoms with Crippen LogP contribution in [-0.2, 0) is 4.79 Å². The minimum atomic E-state index is -0.290. The number of quaternary nitrogens is 1. The van der Waals surface area contributed by atoms with Crippen LogP contribution in [-0.4, -0.2) is 37.7 Å². The van der Waals surface area contributed by atoms with E-state index in [4.69, 9.17) is 0 Å². The van der Waals surface area contributed by atoms with Gasteiger partial charge in [0.15, 0.2) is 0 Å². The van der Waals surface area contributed by atoms with Crippen LogP contribution in [0.25, 0.3) is 0 Å². The minimum absolute atomic E-state index is 0.118. The number of hydrogen-bond acceptors (Lipinski definition) is 2. The molecule has 0 aromatic rings. The highest BCUT2D eigenvalue weighted by Gasteiger charge is 2.03. The summed E-state index contributed by atoms with van der Waals surface area (Å²) in [5.74, 6) is 0.118. The average Bonchev–Trinajstić information content (AvgIpc) is 2.37. The second-order valence-corrected chi connectivity index (χ2v) is 5.95. The molecule has 0 spiro atoms. The summed E-state index contributed by atoms with van der Waals surface area (Å²) in [4.78, 5) is 11.5. The zero-order valence-electron chi connectivity index (χ0n) is 13.3. The molecule has 20 heavy (non-hydrogen) atoms. The number of nitrogens with zero attached hydrogens (tertiary/aromatic N) is 1. The third-order valence-corrected chi connectivity index (χ3v) is 3.26. The molecule has 4 nitrogen and oxygen atoms in total. The summed E-state index contributed by atoms with van der Waals surface area (Å²) in [5.41, 5.74) is 0. The van der Waals surface area contributed by atoms with Gasteiger partial charge < -0.3 is 15.2 Å². The highest BCUT2D eigenvalue weighted by Crippen LogP contribution is 2.08. The van der Waals surface area contributed by atoms with Crippen molar-refractivity contribution in [2.75, 3.05) is 27.2 Å². The van der Waals surface area contributed by atoms with E-state index in [-0.39, 0.29) is 10.6 Å². The summed E-state index contributed by atoms with van der Waals surface area (Å²) in [5, 5.41) is 14.2. The van der Waals surface area contributed by atoms with Crippen LogP contribution >= 0.6 is 0 Å². The summed E-state index contributed by atoms with van der Waals surface area (Å²) in [7, 11) is 3.24. The van der Waals surface area contributed by atoms with Crippen LogP contribution in [0.4, 0.5) is 0 Å². The lowest BCUT2D eigenvalue weighted by atomic mass is 10.1. The van der Waals surface area contributed by atoms with Crippen LogP contribution in [0.3, 0.4) is 0 Å². The predicted molar refractivity (Wildman–Crippen MR) is 85.1 cm³/mol. The van der Waals surface area contributed by atoms with Gasteiger partial charge in [-0.25, -0.2) is 0 Å². The van der Waals surface area contributed by atoms with Gasteiger partial charge >= 0.3 is 0 Å². The molecule has 0 aliphatic rings. The van der Waals surface area contributed by atoms with E-state index >= 15 is 0 Å². The van der Waals surface area contributed by atoms with Gasteiger partial charge in [0.05, 0.1) is 20.6 Å². The Hall–Kier alpha value is -0.870. The van der Waals surface area contributed by atoms with E-state index in [1.165, 1.54) is 25.7 Å². The van der Waals surface area contributed by atoms with Crippen molar-refractivity contribution in [3.05, 3.63) is 17.9 Å². The van der Waals surface area contributed by atoms with E-state index in [9.17, 15) is 10.0 Å². The molecule has 0 unspecified atom stereocenters. The Kier molecular flexibility index (Phi) is 11.4. The number of hydroxylamine groups is 3. The maximum Gasteiger partial charge on any atom is 0.219 e. The Labute approximate surface area is 124 Å². The lowest BCUT2D eigenvalue weighted by Gasteiger charge is -2.33. The van der Waals surface area contributed by atoms with Crippen molar-refractivity contribution < 1.29 is 9.44 Å². The molecule has 0 aliphatic carbocycles. The molecule has 4 heteroatoms. The van der Waals surface area contributed by atoms with Gasteiger partial charge in [-0.2, -0.15) is 0 Å². The molecule has 0 radical (unpaired) electrons. The Bertz CT molecular complexity index is 260. The fraction of sp³-hybridized carbons (Fsp3) is 0.812. The first kappa shape index (κ1) is 19.1. The molecule has 1 N–H and O–H groups in total. The standard InChI is InChI=1S/C16H32N2O2/c1-4-5-6-7-8-9-10-11-13-16(19)17-14-12-15-18(2,3)20/h4H,1,5-15H2,2-3H3,(H,17,19). The molecule has 0 saturated carbocycles. The molecule has 0 bridgehead atoms. The molecule has 0 fully saturated rings. The Morgan fingerprint density at radius 2 is 1.70 bits per heavy atom. The van der Waals surface area contributed by atoms with Gasteiger partial charge in [0.25, 0.3) is 0 Å². The number of amides is 1. The zero-order chi connectivity index (χ0) is 15.3. The lowest BCUT2D eigenvalue weighted by Crippen LogP contribution is -2.35. The molecule has 0 heterocycles. The third kappa shape index (κ3) is 15.2. The van der Waals surface area contributed by atoms with Gasteiger partial charge in [0.2, 0.25) is 5.91 Å². The van der Waals surface area contributed by atoms with Crippen molar-refractivity contribution >= 4 is 5.91 Å². The molecule has 0 aromatic heterocycles. The molecule has 118 valence electrons. The Balaban J connectivity index is 3.26. The first-order valence-electron chi connectivity index (χ1n) is 7.87. The summed E-state index contributed by atoms with van der Waals surface area (Å²) >= 11 is 0. The normalized spacial score (nSPS) is 11.3. The van der Waals surface area contributed by atoms with Gasteiger partial charge in [-0.15, -0.1) is 6.58 Å². The zero-order valence-corrected chi connectivity index (χ0v) is 13.3. The largest absolute Gasteiger partial charge is 0.633 e. The number of carbonyl (C=O) groups excluding carboxylic acids is 1. The van der Waals surface area contributed by atoms with Crippen LogP contribution < -0.4 is 5.32 Å². The average molecular weight is 284 g/mol. The predicted octanol–water partition coefficient (Wildman–Crippen LogP) is 3.37. The topological polar surface area (TPSA) is 52.2 Å². The number of hydrogen-bond donors (Lipinski definition) is 1. The van der Waals surface area contributed by atoms with E-state index in [2.05, 4.69) is 11.9 Å². The van der Waals surface area contributed by atoms with Crippen LogP contribution in [0.5, 0.6) is 0 Å². The SMILES string of the molecule is C=CCCCCCCCCC(=O)NCCC[N+](C)(C)[O-]. The first-order valence-corrected chi connectivity index (χ1v) is 7.87. The van der Waals surface area contributed by atoms with E-state index in [1.807, 2.05) is 6.08 Å². The summed E-state index contributed by atoms with van der Waals surface area (Å²) < 4.78 is -0.290. The molecule has 0 rings (SSSR count). The third-order valence-electron chi connectivity index (χ3n) is 3.26. The first-order chi connectivity index (χ1) is 9.45. The maximum absolute atomic E-state index is 11.5. The van der Waals surface area contributed by atoms with Crippen molar-refractivity contribution in [3.63, 3.8) is 0 Å². The fourth-order valence-corrected chi connectivity index (χ4v) is 2.06. The van der Waals surface area contributed by atoms with E-state index in [1.54, 1.807) is 14.1 Å². The molecule has 1 amide bonds. The highest BCUT2D eigenvalue weighted by atomic mass is 16.5. The molecular weight excluding hydrogens is 252 g/mol. The number of unbranched alkanes of at least 4 members (excludes halogenated alkanes) is 6. The van der Waals surface area contributed by atoms with Crippen LogP contribution in [0.1, 0.15) is 57.8 Å². The lowest BCUT2D eigenvalue weighted by molar-refractivity contribution is -0.840. The monoisotopic (exact) mass is 284 g/mol. The smallest absolute Gasteiger partial charge is 0.219 e. The molecule has 0 atom stereocenters. The van der Waals surface area contributed by atoms with E-state index < -0.39 is 0 Å². The molecule has 0 aromatic carbocycles. The number of allylic oxidation sites excluding steroid dienone is 1. The van der Waals surface area contributed by atoms with E-state index in [0.29, 0.717) is 19.5 Å². The summed E-state index contributed by atoms with van der Waals surface area (Å²) in [6.07, 6.45) is 11.5. The van der Waals surface area contributed by atoms with Crippen molar-refractivity contribution in [2.45, 2.75) is 57.8 Å². The van der Waals surface area contributed by atoms with Crippen molar-refractivity contribution in [1.82, 2.24) is 5.32 Å². The van der Waals surface area contributed by atoms with Crippen LogP contribution in [0, 0.1) is 5.21 Å². The van der Waals surface area contributed by atoms with Gasteiger partial charge in [-0.05, 0) is 19.3 Å². The summed E-state index contributed by atoms with van der Waals surface area (Å²) in [6, 6.07) is 0. The van der Waals surface area contributed by atoms with Gasteiger partial charge in [0.1, 0.15) is 0 Å². The van der Waals surface area contributed by atoms with Gasteiger partial charge in [0, 0.05) is 19.4 Å². The Morgan fingerprint density at radius 1 is 1.10 bits per heavy atom. The van der Waals surface area contributed by atoms with Crippen LogP contribution in [0.15, 0.2) is 12.7 Å². The molecule has 0 aliphatic heterocycles. The van der Waals surface area contributed by atoms with E-state index in [0.717, 1.165) is 25.7 Å². The summed E-state index contributed by atoms with van der Waals surface area (Å²) in [6.45, 7) is 4.87. The quantitative estimate of drug-likeness (QED) is 0.244. The number of carbonyl (C=O) groups is 1. The van der Waals surface area contributed by atoms with Crippen molar-refractivity contribution in [1.29, 1.82) is 0 Å². The van der Waals surface area contributed by atoms with Crippen molar-refractivity contribution in [2.24, 2.45) is 0 Å². The van der Waals surface area contributed by atoms with Crippen molar-refractivity contribution in [3.8, 4) is 0 Å². The number of nitrogens with one attached hydrogen (secondary N) is 1. The second kappa shape index (κ2) is 11.9. The highest BCUT2D eigenvalue weighted by molar-refractivity contribution is 5.75. The fourth-order valence-electron chi connectivity index (χ4n) is 2.06. The van der Waals surface area contributed by atoms with Gasteiger partial charge in [-0.1, -0.05) is 31.8 Å². The maximum atomic E-state index is 11.5. The number of rotatable bonds is 13. The molecule has 0 saturated heterocycles. The van der Waals surface area contributed by atoms with Crippen LogP contribution in [0.2, 0.25) is 0 Å². The minimum Gasteiger partial charge on any atom is -0.633 e.